The summed E-state index contributed by atoms with van der Waals surface area (Å²) >= 11 is 0. The monoisotopic (exact) mass is 232 g/mol. The summed E-state index contributed by atoms with van der Waals surface area (Å²) in [5, 5.41) is 8.72. The van der Waals surface area contributed by atoms with Gasteiger partial charge in [0.2, 0.25) is 0 Å². The molecule has 82 valence electrons. The summed E-state index contributed by atoms with van der Waals surface area (Å²) < 4.78 is 35.4. The number of ether oxygens (including phenoxy) is 1. The molecule has 0 aromatic heterocycles. The summed E-state index contributed by atoms with van der Waals surface area (Å²) in [6.07, 6.45) is 0. The van der Waals surface area contributed by atoms with Crippen LogP contribution < -0.4 is 4.74 Å². The van der Waals surface area contributed by atoms with E-state index in [1.807, 2.05) is 0 Å². The van der Waals surface area contributed by atoms with E-state index in [0.29, 0.717) is 0 Å². The molecule has 0 aliphatic heterocycles. The van der Waals surface area contributed by atoms with Crippen LogP contribution in [0.4, 0.5) is 0 Å². The van der Waals surface area contributed by atoms with Gasteiger partial charge in [0.1, 0.15) is 5.75 Å². The normalized spacial score (nSPS) is 11.1. The van der Waals surface area contributed by atoms with E-state index < -0.39 is 26.5 Å². The number of rotatable bonds is 3. The van der Waals surface area contributed by atoms with E-state index in [2.05, 4.69) is 4.74 Å². The van der Waals surface area contributed by atoms with Crippen LogP contribution in [0.5, 0.6) is 5.75 Å². The van der Waals surface area contributed by atoms with E-state index in [1.54, 1.807) is 0 Å². The van der Waals surface area contributed by atoms with Crippen molar-refractivity contribution in [1.29, 1.82) is 0 Å². The van der Waals surface area contributed by atoms with Crippen LogP contribution in [-0.2, 0) is 10.1 Å². The predicted octanol–water partition coefficient (Wildman–Crippen LogP) is 0.640. The molecule has 0 radical (unpaired) electrons. The van der Waals surface area contributed by atoms with Gasteiger partial charge in [0.05, 0.1) is 12.7 Å². The summed E-state index contributed by atoms with van der Waals surface area (Å²) in [4.78, 5) is 9.97. The van der Waals surface area contributed by atoms with E-state index in [9.17, 15) is 13.2 Å². The summed E-state index contributed by atoms with van der Waals surface area (Å²) in [6.45, 7) is 0. The number of hydrogen-bond donors (Lipinski definition) is 2. The van der Waals surface area contributed by atoms with Crippen molar-refractivity contribution in [3.05, 3.63) is 23.8 Å². The van der Waals surface area contributed by atoms with Gasteiger partial charge in [-0.1, -0.05) is 6.07 Å². The lowest BCUT2D eigenvalue weighted by atomic mass is 10.2. The molecule has 1 aromatic rings. The van der Waals surface area contributed by atoms with Gasteiger partial charge in [0.25, 0.3) is 10.1 Å². The molecule has 0 fully saturated rings. The molecule has 6 nitrogen and oxygen atoms in total. The second-order valence-electron chi connectivity index (χ2n) is 2.62. The van der Waals surface area contributed by atoms with Gasteiger partial charge in [0.15, 0.2) is 4.90 Å². The van der Waals surface area contributed by atoms with Gasteiger partial charge in [-0.3, -0.25) is 4.55 Å². The minimum absolute atomic E-state index is 0.211. The fourth-order valence-electron chi connectivity index (χ4n) is 1.11. The molecule has 7 heteroatoms. The van der Waals surface area contributed by atoms with Crippen LogP contribution in [0.1, 0.15) is 10.4 Å². The third-order valence-electron chi connectivity index (χ3n) is 1.69. The van der Waals surface area contributed by atoms with Crippen molar-refractivity contribution in [3.63, 3.8) is 0 Å². The Kier molecular flexibility index (Phi) is 2.96. The molecular weight excluding hydrogens is 224 g/mol. The zero-order valence-electron chi connectivity index (χ0n) is 7.67. The average molecular weight is 232 g/mol. The lowest BCUT2D eigenvalue weighted by Crippen LogP contribution is -2.09. The first kappa shape index (κ1) is 11.5. The number of hydrogen-bond acceptors (Lipinski definition) is 4. The van der Waals surface area contributed by atoms with Crippen LogP contribution in [0.2, 0.25) is 0 Å². The molecule has 0 aliphatic carbocycles. The highest BCUT2D eigenvalue weighted by molar-refractivity contribution is 7.86. The zero-order chi connectivity index (χ0) is 11.6. The van der Waals surface area contributed by atoms with Crippen LogP contribution in [0, 0.1) is 0 Å². The Morgan fingerprint density at radius 2 is 2.00 bits per heavy atom. The van der Waals surface area contributed by atoms with Crippen molar-refractivity contribution in [2.75, 3.05) is 7.11 Å². The van der Waals surface area contributed by atoms with Crippen LogP contribution in [0.25, 0.3) is 0 Å². The summed E-state index contributed by atoms with van der Waals surface area (Å²) in [6, 6.07) is 3.63. The SMILES string of the molecule is COc1cccc(C(=O)O)c1S(=O)(=O)O. The second kappa shape index (κ2) is 3.87. The van der Waals surface area contributed by atoms with E-state index in [1.165, 1.54) is 19.2 Å². The standard InChI is InChI=1S/C8H8O6S/c1-14-6-4-2-3-5(8(9)10)7(6)15(11,12)13/h2-4H,1H3,(H,9,10)(H,11,12,13). The Morgan fingerprint density at radius 3 is 2.40 bits per heavy atom. The van der Waals surface area contributed by atoms with Crippen molar-refractivity contribution in [2.45, 2.75) is 4.90 Å². The highest BCUT2D eigenvalue weighted by atomic mass is 32.2. The fourth-order valence-corrected chi connectivity index (χ4v) is 1.95. The first-order valence-electron chi connectivity index (χ1n) is 3.75. The Bertz CT molecular complexity index is 490. The number of aromatic carboxylic acids is 1. The number of carboxylic acids is 1. The van der Waals surface area contributed by atoms with Gasteiger partial charge in [-0.15, -0.1) is 0 Å². The number of carboxylic acid groups (broad SMARTS) is 1. The van der Waals surface area contributed by atoms with Gasteiger partial charge in [0, 0.05) is 0 Å². The number of benzene rings is 1. The summed E-state index contributed by atoms with van der Waals surface area (Å²) in [7, 11) is -3.45. The highest BCUT2D eigenvalue weighted by Crippen LogP contribution is 2.26. The van der Waals surface area contributed by atoms with E-state index >= 15 is 0 Å². The minimum atomic E-state index is -4.63. The molecule has 0 spiro atoms. The summed E-state index contributed by atoms with van der Waals surface area (Å²) in [5.41, 5.74) is -0.531. The molecule has 0 unspecified atom stereocenters. The van der Waals surface area contributed by atoms with Crippen molar-refractivity contribution >= 4 is 16.1 Å². The largest absolute Gasteiger partial charge is 0.495 e. The molecule has 0 bridgehead atoms. The van der Waals surface area contributed by atoms with Crippen molar-refractivity contribution in [1.82, 2.24) is 0 Å². The first-order valence-corrected chi connectivity index (χ1v) is 5.19. The molecule has 1 aromatic carbocycles. The number of carbonyl (C=O) groups is 1. The van der Waals surface area contributed by atoms with Crippen molar-refractivity contribution in [2.24, 2.45) is 0 Å². The molecule has 0 heterocycles. The Labute approximate surface area is 85.9 Å². The zero-order valence-corrected chi connectivity index (χ0v) is 8.48. The molecule has 0 atom stereocenters. The Morgan fingerprint density at radius 1 is 1.40 bits per heavy atom. The molecule has 15 heavy (non-hydrogen) atoms. The second-order valence-corrected chi connectivity index (χ2v) is 3.98. The maximum Gasteiger partial charge on any atom is 0.337 e. The topological polar surface area (TPSA) is 101 Å². The third kappa shape index (κ3) is 2.25. The number of methoxy groups -OCH3 is 1. The Balaban J connectivity index is 3.63. The van der Waals surface area contributed by atoms with E-state index in [4.69, 9.17) is 9.66 Å². The van der Waals surface area contributed by atoms with Crippen LogP contribution >= 0.6 is 0 Å². The van der Waals surface area contributed by atoms with Crippen molar-refractivity contribution < 1.29 is 27.6 Å². The average Bonchev–Trinajstić information content (AvgIpc) is 2.15. The lowest BCUT2D eigenvalue weighted by molar-refractivity contribution is 0.0691. The van der Waals surface area contributed by atoms with Gasteiger partial charge in [-0.2, -0.15) is 8.42 Å². The molecule has 0 saturated heterocycles. The first-order chi connectivity index (χ1) is 6.88. The van der Waals surface area contributed by atoms with Crippen LogP contribution in [-0.4, -0.2) is 31.2 Å². The predicted molar refractivity (Wildman–Crippen MR) is 49.8 cm³/mol. The third-order valence-corrected chi connectivity index (χ3v) is 2.62. The molecule has 0 amide bonds. The van der Waals surface area contributed by atoms with E-state index in [0.717, 1.165) is 6.07 Å². The Hall–Kier alpha value is -1.60. The van der Waals surface area contributed by atoms with Gasteiger partial charge >= 0.3 is 5.97 Å². The highest BCUT2D eigenvalue weighted by Gasteiger charge is 2.24. The summed E-state index contributed by atoms with van der Waals surface area (Å²) in [5.74, 6) is -1.67. The van der Waals surface area contributed by atoms with Crippen LogP contribution in [0.3, 0.4) is 0 Å². The molecule has 1 rings (SSSR count). The molecule has 0 aliphatic rings. The maximum atomic E-state index is 11.0. The smallest absolute Gasteiger partial charge is 0.337 e. The molecule has 0 saturated carbocycles. The fraction of sp³-hybridized carbons (Fsp3) is 0.125. The van der Waals surface area contributed by atoms with Gasteiger partial charge < -0.3 is 9.84 Å². The van der Waals surface area contributed by atoms with Gasteiger partial charge in [-0.25, -0.2) is 4.79 Å². The molecule has 2 N–H and O–H groups in total. The van der Waals surface area contributed by atoms with E-state index in [-0.39, 0.29) is 5.75 Å². The maximum absolute atomic E-state index is 11.0. The van der Waals surface area contributed by atoms with Crippen molar-refractivity contribution in [3.8, 4) is 5.75 Å². The molecular formula is C8H8O6S. The quantitative estimate of drug-likeness (QED) is 0.741. The van der Waals surface area contributed by atoms with Gasteiger partial charge in [-0.05, 0) is 12.1 Å². The lowest BCUT2D eigenvalue weighted by Gasteiger charge is -2.07. The minimum Gasteiger partial charge on any atom is -0.495 e. The van der Waals surface area contributed by atoms with Crippen LogP contribution in [0.15, 0.2) is 23.1 Å².